The van der Waals surface area contributed by atoms with Crippen molar-refractivity contribution in [1.82, 2.24) is 10.3 Å². The van der Waals surface area contributed by atoms with Gasteiger partial charge in [-0.05, 0) is 85.6 Å². The van der Waals surface area contributed by atoms with Gasteiger partial charge in [0, 0.05) is 11.1 Å². The number of carbonyl (C=O) groups is 1. The van der Waals surface area contributed by atoms with Crippen molar-refractivity contribution in [2.75, 3.05) is 11.9 Å². The number of hydrogen-bond acceptors (Lipinski definition) is 5. The standard InChI is InChI=1S/C27H26ClN3O3S/c1-4-16(3)17-10-12-24-23(14-17)29-26(34-24)19-9-11-21(28)22(15-19)30-27(35)31-25(32)18-7-6-8-20(13-18)33-5-2/h6-16H,4-5H2,1-3H3,(H2,30,31,32,35)/t16-/m0/s1. The van der Waals surface area contributed by atoms with Gasteiger partial charge in [0.1, 0.15) is 11.3 Å². The number of anilines is 1. The molecule has 180 valence electrons. The topological polar surface area (TPSA) is 76.4 Å². The van der Waals surface area contributed by atoms with Gasteiger partial charge in [0.25, 0.3) is 5.91 Å². The Kier molecular flexibility index (Phi) is 7.68. The van der Waals surface area contributed by atoms with Crippen molar-refractivity contribution in [2.24, 2.45) is 0 Å². The Bertz CT molecular complexity index is 1390. The van der Waals surface area contributed by atoms with Gasteiger partial charge in [0.2, 0.25) is 5.89 Å². The van der Waals surface area contributed by atoms with Gasteiger partial charge < -0.3 is 14.5 Å². The van der Waals surface area contributed by atoms with E-state index in [0.29, 0.717) is 46.0 Å². The second kappa shape index (κ2) is 10.9. The first-order chi connectivity index (χ1) is 16.9. The third kappa shape index (κ3) is 5.81. The molecule has 0 saturated carbocycles. The van der Waals surface area contributed by atoms with E-state index in [9.17, 15) is 4.79 Å². The quantitative estimate of drug-likeness (QED) is 0.258. The minimum Gasteiger partial charge on any atom is -0.494 e. The summed E-state index contributed by atoms with van der Waals surface area (Å²) in [5, 5.41) is 6.23. The number of aromatic nitrogens is 1. The number of oxazole rings is 1. The van der Waals surface area contributed by atoms with Crippen molar-refractivity contribution in [3.63, 3.8) is 0 Å². The molecule has 3 aromatic carbocycles. The molecular weight excluding hydrogens is 482 g/mol. The second-order valence-electron chi connectivity index (χ2n) is 8.12. The molecule has 0 aliphatic carbocycles. The first-order valence-corrected chi connectivity index (χ1v) is 12.2. The number of hydrogen-bond donors (Lipinski definition) is 2. The van der Waals surface area contributed by atoms with E-state index >= 15 is 0 Å². The second-order valence-corrected chi connectivity index (χ2v) is 8.93. The monoisotopic (exact) mass is 507 g/mol. The minimum atomic E-state index is -0.354. The first-order valence-electron chi connectivity index (χ1n) is 11.4. The minimum absolute atomic E-state index is 0.117. The molecule has 4 aromatic rings. The number of thiocarbonyl (C=S) groups is 1. The van der Waals surface area contributed by atoms with Crippen LogP contribution in [0.3, 0.4) is 0 Å². The smallest absolute Gasteiger partial charge is 0.257 e. The molecular formula is C27H26ClN3O3S. The number of halogens is 1. The highest BCUT2D eigenvalue weighted by Crippen LogP contribution is 2.31. The summed E-state index contributed by atoms with van der Waals surface area (Å²) >= 11 is 11.7. The molecule has 0 bridgehead atoms. The van der Waals surface area contributed by atoms with Crippen LogP contribution in [0.5, 0.6) is 5.75 Å². The van der Waals surface area contributed by atoms with Crippen LogP contribution in [-0.2, 0) is 0 Å². The summed E-state index contributed by atoms with van der Waals surface area (Å²) in [6, 6.07) is 18.3. The van der Waals surface area contributed by atoms with E-state index < -0.39 is 0 Å². The van der Waals surface area contributed by atoms with Gasteiger partial charge >= 0.3 is 0 Å². The van der Waals surface area contributed by atoms with Crippen LogP contribution in [0.2, 0.25) is 5.02 Å². The van der Waals surface area contributed by atoms with Crippen LogP contribution in [0.15, 0.2) is 65.1 Å². The zero-order valence-electron chi connectivity index (χ0n) is 19.7. The maximum absolute atomic E-state index is 12.6. The molecule has 0 spiro atoms. The predicted octanol–water partition coefficient (Wildman–Crippen LogP) is 7.19. The summed E-state index contributed by atoms with van der Waals surface area (Å²) in [7, 11) is 0. The van der Waals surface area contributed by atoms with Crippen molar-refractivity contribution < 1.29 is 13.9 Å². The van der Waals surface area contributed by atoms with Crippen LogP contribution in [0.4, 0.5) is 5.69 Å². The maximum atomic E-state index is 12.6. The van der Waals surface area contributed by atoms with Gasteiger partial charge in [-0.15, -0.1) is 0 Å². The molecule has 0 saturated heterocycles. The Morgan fingerprint density at radius 2 is 1.97 bits per heavy atom. The van der Waals surface area contributed by atoms with E-state index in [1.165, 1.54) is 5.56 Å². The number of benzene rings is 3. The van der Waals surface area contributed by atoms with E-state index in [-0.39, 0.29) is 11.0 Å². The number of carbonyl (C=O) groups excluding carboxylic acids is 1. The van der Waals surface area contributed by atoms with Crippen molar-refractivity contribution in [1.29, 1.82) is 0 Å². The van der Waals surface area contributed by atoms with Crippen LogP contribution in [-0.4, -0.2) is 22.6 Å². The summed E-state index contributed by atoms with van der Waals surface area (Å²) in [6.45, 7) is 6.75. The molecule has 35 heavy (non-hydrogen) atoms. The van der Waals surface area contributed by atoms with Gasteiger partial charge in [-0.1, -0.05) is 37.6 Å². The molecule has 0 unspecified atom stereocenters. The summed E-state index contributed by atoms with van der Waals surface area (Å²) in [4.78, 5) is 17.3. The Morgan fingerprint density at radius 1 is 1.14 bits per heavy atom. The lowest BCUT2D eigenvalue weighted by molar-refractivity contribution is 0.0977. The Labute approximate surface area is 214 Å². The summed E-state index contributed by atoms with van der Waals surface area (Å²) in [5.74, 6) is 1.18. The van der Waals surface area contributed by atoms with Crippen LogP contribution in [0.25, 0.3) is 22.6 Å². The molecule has 0 radical (unpaired) electrons. The van der Waals surface area contributed by atoms with E-state index in [4.69, 9.17) is 33.0 Å². The zero-order valence-corrected chi connectivity index (χ0v) is 21.3. The Hall–Kier alpha value is -3.42. The molecule has 8 heteroatoms. The number of fused-ring (bicyclic) bond motifs is 1. The molecule has 4 rings (SSSR count). The molecule has 1 amide bonds. The molecule has 1 atom stereocenters. The average molecular weight is 508 g/mol. The van der Waals surface area contributed by atoms with E-state index in [0.717, 1.165) is 17.5 Å². The van der Waals surface area contributed by atoms with Crippen LogP contribution < -0.4 is 15.4 Å². The van der Waals surface area contributed by atoms with Gasteiger partial charge in [0.15, 0.2) is 10.7 Å². The summed E-state index contributed by atoms with van der Waals surface area (Å²) in [6.07, 6.45) is 1.05. The zero-order chi connectivity index (χ0) is 24.9. The Balaban J connectivity index is 1.51. The lowest BCUT2D eigenvalue weighted by atomic mass is 9.98. The fourth-order valence-electron chi connectivity index (χ4n) is 3.59. The molecule has 0 aliphatic heterocycles. The summed E-state index contributed by atoms with van der Waals surface area (Å²) < 4.78 is 11.4. The highest BCUT2D eigenvalue weighted by Gasteiger charge is 2.14. The fourth-order valence-corrected chi connectivity index (χ4v) is 3.95. The number of nitrogens with one attached hydrogen (secondary N) is 2. The SMILES string of the molecule is CCOc1cccc(C(=O)NC(=S)Nc2cc(-c3nc4cc([C@@H](C)CC)ccc4o3)ccc2Cl)c1. The highest BCUT2D eigenvalue weighted by atomic mass is 35.5. The van der Waals surface area contributed by atoms with Gasteiger partial charge in [-0.25, -0.2) is 4.98 Å². The predicted molar refractivity (Wildman–Crippen MR) is 144 cm³/mol. The van der Waals surface area contributed by atoms with E-state index in [1.54, 1.807) is 36.4 Å². The molecule has 1 heterocycles. The van der Waals surface area contributed by atoms with Crippen molar-refractivity contribution in [3.05, 3.63) is 76.8 Å². The van der Waals surface area contributed by atoms with Crippen molar-refractivity contribution in [2.45, 2.75) is 33.1 Å². The number of ether oxygens (including phenoxy) is 1. The van der Waals surface area contributed by atoms with Crippen LogP contribution in [0.1, 0.15) is 49.0 Å². The largest absolute Gasteiger partial charge is 0.494 e. The number of nitrogens with zero attached hydrogens (tertiary/aromatic N) is 1. The third-order valence-electron chi connectivity index (χ3n) is 5.69. The molecule has 0 aliphatic rings. The Morgan fingerprint density at radius 3 is 2.74 bits per heavy atom. The first kappa shape index (κ1) is 24.7. The van der Waals surface area contributed by atoms with Crippen molar-refractivity contribution in [3.8, 4) is 17.2 Å². The molecule has 0 fully saturated rings. The van der Waals surface area contributed by atoms with Crippen molar-refractivity contribution >= 4 is 51.6 Å². The number of rotatable bonds is 7. The molecule has 2 N–H and O–H groups in total. The van der Waals surface area contributed by atoms with E-state index in [2.05, 4.69) is 41.6 Å². The third-order valence-corrected chi connectivity index (χ3v) is 6.22. The fraction of sp³-hybridized carbons (Fsp3) is 0.222. The van der Waals surface area contributed by atoms with Gasteiger partial charge in [-0.3, -0.25) is 10.1 Å². The molecule has 1 aromatic heterocycles. The van der Waals surface area contributed by atoms with Crippen LogP contribution >= 0.6 is 23.8 Å². The van der Waals surface area contributed by atoms with Gasteiger partial charge in [0.05, 0.1) is 17.3 Å². The van der Waals surface area contributed by atoms with Gasteiger partial charge in [-0.2, -0.15) is 0 Å². The highest BCUT2D eigenvalue weighted by molar-refractivity contribution is 7.80. The summed E-state index contributed by atoms with van der Waals surface area (Å²) in [5.41, 5.74) is 4.44. The van der Waals surface area contributed by atoms with Crippen LogP contribution in [0, 0.1) is 0 Å². The lowest BCUT2D eigenvalue weighted by Gasteiger charge is -2.12. The maximum Gasteiger partial charge on any atom is 0.257 e. The average Bonchev–Trinajstić information content (AvgIpc) is 3.28. The normalized spacial score (nSPS) is 11.8. The lowest BCUT2D eigenvalue weighted by Crippen LogP contribution is -2.34. The van der Waals surface area contributed by atoms with E-state index in [1.807, 2.05) is 19.1 Å². The molecule has 6 nitrogen and oxygen atoms in total. The number of amides is 1.